The molecule has 1 aromatic rings. The fourth-order valence-electron chi connectivity index (χ4n) is 1.26. The van der Waals surface area contributed by atoms with Crippen LogP contribution in [-0.2, 0) is 4.79 Å². The Balaban J connectivity index is 1.94. The van der Waals surface area contributed by atoms with E-state index in [0.717, 1.165) is 13.0 Å². The highest BCUT2D eigenvalue weighted by Crippen LogP contribution is 2.02. The molecular formula is C8H11N5O. The van der Waals surface area contributed by atoms with Crippen LogP contribution in [0.1, 0.15) is 6.42 Å². The van der Waals surface area contributed by atoms with Crippen LogP contribution in [0, 0.1) is 0 Å². The summed E-state index contributed by atoms with van der Waals surface area (Å²) in [5.74, 6) is 0.451. The predicted molar refractivity (Wildman–Crippen MR) is 50.2 cm³/mol. The molecule has 2 rings (SSSR count). The molecule has 74 valence electrons. The summed E-state index contributed by atoms with van der Waals surface area (Å²) in [5, 5.41) is 2.69. The highest BCUT2D eigenvalue weighted by atomic mass is 16.2. The maximum atomic E-state index is 11.5. The number of nitrogens with zero attached hydrogens (tertiary/aromatic N) is 2. The van der Waals surface area contributed by atoms with Gasteiger partial charge in [0.05, 0.1) is 0 Å². The van der Waals surface area contributed by atoms with E-state index in [0.29, 0.717) is 5.82 Å². The molecule has 6 heteroatoms. The molecule has 1 aliphatic rings. The van der Waals surface area contributed by atoms with Gasteiger partial charge >= 0.3 is 0 Å². The van der Waals surface area contributed by atoms with Gasteiger partial charge in [-0.25, -0.2) is 15.4 Å². The van der Waals surface area contributed by atoms with Crippen molar-refractivity contribution < 1.29 is 4.79 Å². The first-order chi connectivity index (χ1) is 6.86. The standard InChI is InChI=1S/C8H11N5O/c14-8(6-1-4-11-13-6)12-7-2-3-9-5-10-7/h2-3,5-6,11,13H,1,4H2,(H,9,10,12,14). The van der Waals surface area contributed by atoms with E-state index in [1.165, 1.54) is 6.33 Å². The number of hydrogen-bond donors (Lipinski definition) is 3. The summed E-state index contributed by atoms with van der Waals surface area (Å²) in [6.07, 6.45) is 3.77. The largest absolute Gasteiger partial charge is 0.309 e. The fourth-order valence-corrected chi connectivity index (χ4v) is 1.26. The van der Waals surface area contributed by atoms with Crippen molar-refractivity contribution in [3.8, 4) is 0 Å². The Labute approximate surface area is 81.1 Å². The van der Waals surface area contributed by atoms with Crippen molar-refractivity contribution in [1.29, 1.82) is 0 Å². The van der Waals surface area contributed by atoms with Crippen molar-refractivity contribution in [2.45, 2.75) is 12.5 Å². The molecule has 1 saturated heterocycles. The minimum atomic E-state index is -0.176. The molecule has 0 aromatic carbocycles. The third-order valence-corrected chi connectivity index (χ3v) is 1.98. The lowest BCUT2D eigenvalue weighted by Gasteiger charge is -2.08. The fraction of sp³-hybridized carbons (Fsp3) is 0.375. The van der Waals surface area contributed by atoms with Crippen molar-refractivity contribution in [3.05, 3.63) is 18.6 Å². The zero-order valence-electron chi connectivity index (χ0n) is 7.53. The first-order valence-corrected chi connectivity index (χ1v) is 4.41. The average Bonchev–Trinajstić information content (AvgIpc) is 2.72. The minimum Gasteiger partial charge on any atom is -0.309 e. The summed E-state index contributed by atoms with van der Waals surface area (Å²) in [4.78, 5) is 19.2. The third kappa shape index (κ3) is 2.04. The molecule has 1 unspecified atom stereocenters. The van der Waals surface area contributed by atoms with E-state index in [2.05, 4.69) is 26.1 Å². The zero-order valence-corrected chi connectivity index (χ0v) is 7.53. The van der Waals surface area contributed by atoms with Gasteiger partial charge in [0.25, 0.3) is 0 Å². The summed E-state index contributed by atoms with van der Waals surface area (Å²) < 4.78 is 0. The van der Waals surface area contributed by atoms with Gasteiger partial charge in [-0.15, -0.1) is 0 Å². The van der Waals surface area contributed by atoms with Crippen LogP contribution in [0.3, 0.4) is 0 Å². The van der Waals surface area contributed by atoms with Gasteiger partial charge < -0.3 is 5.32 Å². The van der Waals surface area contributed by atoms with Crippen LogP contribution in [0.5, 0.6) is 0 Å². The molecule has 14 heavy (non-hydrogen) atoms. The Hall–Kier alpha value is -1.53. The minimum absolute atomic E-state index is 0.0753. The van der Waals surface area contributed by atoms with Crippen molar-refractivity contribution in [2.75, 3.05) is 11.9 Å². The molecule has 0 radical (unpaired) electrons. The van der Waals surface area contributed by atoms with Crippen molar-refractivity contribution in [2.24, 2.45) is 0 Å². The van der Waals surface area contributed by atoms with Crippen molar-refractivity contribution in [3.63, 3.8) is 0 Å². The average molecular weight is 193 g/mol. The topological polar surface area (TPSA) is 78.9 Å². The molecule has 3 N–H and O–H groups in total. The Morgan fingerprint density at radius 1 is 1.64 bits per heavy atom. The van der Waals surface area contributed by atoms with Crippen LogP contribution in [0.15, 0.2) is 18.6 Å². The van der Waals surface area contributed by atoms with Crippen molar-refractivity contribution >= 4 is 11.7 Å². The molecule has 1 amide bonds. The van der Waals surface area contributed by atoms with Crippen LogP contribution in [0.4, 0.5) is 5.82 Å². The first kappa shape index (κ1) is 9.04. The van der Waals surface area contributed by atoms with E-state index in [4.69, 9.17) is 0 Å². The van der Waals surface area contributed by atoms with Crippen LogP contribution in [-0.4, -0.2) is 28.5 Å². The van der Waals surface area contributed by atoms with Gasteiger partial charge in [-0.1, -0.05) is 0 Å². The van der Waals surface area contributed by atoms with Crippen LogP contribution in [0.25, 0.3) is 0 Å². The Morgan fingerprint density at radius 2 is 2.57 bits per heavy atom. The van der Waals surface area contributed by atoms with Gasteiger partial charge in [0.1, 0.15) is 18.2 Å². The number of amides is 1. The van der Waals surface area contributed by atoms with Crippen LogP contribution >= 0.6 is 0 Å². The summed E-state index contributed by atoms with van der Waals surface area (Å²) in [6.45, 7) is 0.807. The van der Waals surface area contributed by atoms with E-state index in [1.54, 1.807) is 12.3 Å². The maximum Gasteiger partial charge on any atom is 0.244 e. The second-order valence-electron chi connectivity index (χ2n) is 3.00. The molecule has 6 nitrogen and oxygen atoms in total. The Kier molecular flexibility index (Phi) is 2.66. The normalized spacial score (nSPS) is 20.7. The molecule has 0 bridgehead atoms. The molecule has 1 atom stereocenters. The van der Waals surface area contributed by atoms with Crippen LogP contribution < -0.4 is 16.2 Å². The molecule has 0 aliphatic carbocycles. The smallest absolute Gasteiger partial charge is 0.244 e. The Bertz CT molecular complexity index is 309. The van der Waals surface area contributed by atoms with Gasteiger partial charge in [0.2, 0.25) is 5.91 Å². The molecule has 0 saturated carbocycles. The second kappa shape index (κ2) is 4.12. The molecule has 2 heterocycles. The van der Waals surface area contributed by atoms with Crippen LogP contribution in [0.2, 0.25) is 0 Å². The predicted octanol–water partition coefficient (Wildman–Crippen LogP) is -0.718. The summed E-state index contributed by atoms with van der Waals surface area (Å²) in [6, 6.07) is 1.48. The van der Waals surface area contributed by atoms with Gasteiger partial charge in [0.15, 0.2) is 0 Å². The lowest BCUT2D eigenvalue weighted by Crippen LogP contribution is -2.39. The lowest BCUT2D eigenvalue weighted by molar-refractivity contribution is -0.117. The van der Waals surface area contributed by atoms with E-state index in [-0.39, 0.29) is 11.9 Å². The number of anilines is 1. The number of carbonyl (C=O) groups is 1. The summed E-state index contributed by atoms with van der Waals surface area (Å²) >= 11 is 0. The van der Waals surface area contributed by atoms with E-state index in [9.17, 15) is 4.79 Å². The van der Waals surface area contributed by atoms with E-state index in [1.807, 2.05) is 0 Å². The zero-order chi connectivity index (χ0) is 9.80. The SMILES string of the molecule is O=C(Nc1ccncn1)C1CCNN1. The lowest BCUT2D eigenvalue weighted by atomic mass is 10.2. The number of nitrogens with one attached hydrogen (secondary N) is 3. The number of hydrogen-bond acceptors (Lipinski definition) is 5. The first-order valence-electron chi connectivity index (χ1n) is 4.41. The van der Waals surface area contributed by atoms with E-state index < -0.39 is 0 Å². The molecule has 1 aliphatic heterocycles. The summed E-state index contributed by atoms with van der Waals surface area (Å²) in [5.41, 5.74) is 5.77. The molecule has 1 aromatic heterocycles. The number of carbonyl (C=O) groups excluding carboxylic acids is 1. The van der Waals surface area contributed by atoms with Crippen molar-refractivity contribution in [1.82, 2.24) is 20.8 Å². The van der Waals surface area contributed by atoms with Gasteiger partial charge in [-0.05, 0) is 12.5 Å². The Morgan fingerprint density at radius 3 is 3.21 bits per heavy atom. The van der Waals surface area contributed by atoms with E-state index >= 15 is 0 Å². The molecular weight excluding hydrogens is 182 g/mol. The number of aromatic nitrogens is 2. The maximum absolute atomic E-state index is 11.5. The van der Waals surface area contributed by atoms with Gasteiger partial charge in [-0.3, -0.25) is 10.2 Å². The highest BCUT2D eigenvalue weighted by Gasteiger charge is 2.21. The van der Waals surface area contributed by atoms with Gasteiger partial charge in [-0.2, -0.15) is 0 Å². The third-order valence-electron chi connectivity index (χ3n) is 1.98. The van der Waals surface area contributed by atoms with Gasteiger partial charge in [0, 0.05) is 12.7 Å². The molecule has 0 spiro atoms. The second-order valence-corrected chi connectivity index (χ2v) is 3.00. The number of rotatable bonds is 2. The quantitative estimate of drug-likeness (QED) is 0.577. The highest BCUT2D eigenvalue weighted by molar-refractivity contribution is 5.94. The molecule has 1 fully saturated rings. The summed E-state index contributed by atoms with van der Waals surface area (Å²) in [7, 11) is 0. The number of hydrazine groups is 1. The monoisotopic (exact) mass is 193 g/mol.